The van der Waals surface area contributed by atoms with Crippen LogP contribution in [-0.4, -0.2) is 10.1 Å². The van der Waals surface area contributed by atoms with Gasteiger partial charge in [-0.15, -0.1) is 11.3 Å². The summed E-state index contributed by atoms with van der Waals surface area (Å²) in [7, 11) is 0. The van der Waals surface area contributed by atoms with Crippen molar-refractivity contribution in [2.24, 2.45) is 5.92 Å². The standard InChI is InChI=1S/C10H15NOS/c1-7(2)8(3)4-9-6-13-10(5-12)11-9/h4,6-7,12H,5H2,1-3H3/b8-4+. The third-order valence-corrected chi connectivity index (χ3v) is 2.84. The molecule has 0 radical (unpaired) electrons. The highest BCUT2D eigenvalue weighted by atomic mass is 32.1. The van der Waals surface area contributed by atoms with Gasteiger partial charge >= 0.3 is 0 Å². The maximum Gasteiger partial charge on any atom is 0.119 e. The monoisotopic (exact) mass is 197 g/mol. The van der Waals surface area contributed by atoms with Gasteiger partial charge < -0.3 is 5.11 Å². The first-order chi connectivity index (χ1) is 6.13. The molecular formula is C10H15NOS. The van der Waals surface area contributed by atoms with Crippen LogP contribution < -0.4 is 0 Å². The third kappa shape index (κ3) is 2.94. The molecular weight excluding hydrogens is 182 g/mol. The SMILES string of the molecule is C/C(=C\c1csc(CO)n1)C(C)C. The highest BCUT2D eigenvalue weighted by Gasteiger charge is 2.00. The molecule has 0 spiro atoms. The third-order valence-electron chi connectivity index (χ3n) is 1.99. The molecule has 0 atom stereocenters. The van der Waals surface area contributed by atoms with Gasteiger partial charge in [0.1, 0.15) is 5.01 Å². The highest BCUT2D eigenvalue weighted by Crippen LogP contribution is 2.16. The van der Waals surface area contributed by atoms with E-state index in [0.717, 1.165) is 10.7 Å². The molecule has 0 aliphatic carbocycles. The number of aliphatic hydroxyl groups excluding tert-OH is 1. The van der Waals surface area contributed by atoms with Gasteiger partial charge in [-0.3, -0.25) is 0 Å². The number of aliphatic hydroxyl groups is 1. The Hall–Kier alpha value is -0.670. The van der Waals surface area contributed by atoms with Crippen molar-refractivity contribution < 1.29 is 5.11 Å². The molecule has 0 amide bonds. The van der Waals surface area contributed by atoms with Gasteiger partial charge in [-0.1, -0.05) is 19.4 Å². The molecule has 2 nitrogen and oxygen atoms in total. The Balaban J connectivity index is 2.79. The topological polar surface area (TPSA) is 33.1 Å². The van der Waals surface area contributed by atoms with Crippen LogP contribution in [0.4, 0.5) is 0 Å². The van der Waals surface area contributed by atoms with Crippen LogP contribution in [0.2, 0.25) is 0 Å². The van der Waals surface area contributed by atoms with E-state index in [9.17, 15) is 0 Å². The first-order valence-electron chi connectivity index (χ1n) is 4.37. The molecule has 72 valence electrons. The van der Waals surface area contributed by atoms with Crippen molar-refractivity contribution in [3.05, 3.63) is 21.7 Å². The van der Waals surface area contributed by atoms with E-state index in [4.69, 9.17) is 5.11 Å². The molecule has 0 unspecified atom stereocenters. The van der Waals surface area contributed by atoms with E-state index in [0.29, 0.717) is 5.92 Å². The molecule has 0 bridgehead atoms. The normalized spacial score (nSPS) is 12.5. The van der Waals surface area contributed by atoms with E-state index in [1.807, 2.05) is 5.38 Å². The van der Waals surface area contributed by atoms with Crippen molar-refractivity contribution in [3.63, 3.8) is 0 Å². The summed E-state index contributed by atoms with van der Waals surface area (Å²) in [5.74, 6) is 0.555. The second-order valence-electron chi connectivity index (χ2n) is 3.37. The van der Waals surface area contributed by atoms with Crippen molar-refractivity contribution in [1.82, 2.24) is 4.98 Å². The Labute approximate surface area is 83.0 Å². The van der Waals surface area contributed by atoms with Gasteiger partial charge in [-0.2, -0.15) is 0 Å². The maximum absolute atomic E-state index is 8.82. The molecule has 1 N–H and O–H groups in total. The number of aromatic nitrogens is 1. The number of hydrogen-bond donors (Lipinski definition) is 1. The molecule has 0 saturated heterocycles. The van der Waals surface area contributed by atoms with Crippen molar-refractivity contribution in [2.45, 2.75) is 27.4 Å². The lowest BCUT2D eigenvalue weighted by Gasteiger charge is -2.02. The number of thiazole rings is 1. The van der Waals surface area contributed by atoms with Gasteiger partial charge in [-0.05, 0) is 18.9 Å². The molecule has 1 heterocycles. The Morgan fingerprint density at radius 3 is 2.85 bits per heavy atom. The zero-order valence-electron chi connectivity index (χ0n) is 8.24. The molecule has 0 aliphatic rings. The molecule has 0 fully saturated rings. The fraction of sp³-hybridized carbons (Fsp3) is 0.500. The number of nitrogens with zero attached hydrogens (tertiary/aromatic N) is 1. The smallest absolute Gasteiger partial charge is 0.119 e. The zero-order chi connectivity index (χ0) is 9.84. The summed E-state index contributed by atoms with van der Waals surface area (Å²) >= 11 is 1.50. The maximum atomic E-state index is 8.82. The fourth-order valence-electron chi connectivity index (χ4n) is 0.864. The lowest BCUT2D eigenvalue weighted by atomic mass is 10.0. The Bertz CT molecular complexity index is 302. The average molecular weight is 197 g/mol. The quantitative estimate of drug-likeness (QED) is 0.808. The molecule has 1 rings (SSSR count). The van der Waals surface area contributed by atoms with Crippen LogP contribution in [0.5, 0.6) is 0 Å². The van der Waals surface area contributed by atoms with Crippen LogP contribution in [0.15, 0.2) is 11.0 Å². The van der Waals surface area contributed by atoms with Gasteiger partial charge in [0.25, 0.3) is 0 Å². The van der Waals surface area contributed by atoms with Crippen LogP contribution >= 0.6 is 11.3 Å². The summed E-state index contributed by atoms with van der Waals surface area (Å²) in [6.07, 6.45) is 2.07. The van der Waals surface area contributed by atoms with Crippen molar-refractivity contribution in [3.8, 4) is 0 Å². The van der Waals surface area contributed by atoms with Crippen molar-refractivity contribution in [1.29, 1.82) is 0 Å². The van der Waals surface area contributed by atoms with E-state index in [-0.39, 0.29) is 6.61 Å². The molecule has 1 aromatic heterocycles. The van der Waals surface area contributed by atoms with E-state index in [1.165, 1.54) is 16.9 Å². The zero-order valence-corrected chi connectivity index (χ0v) is 9.06. The van der Waals surface area contributed by atoms with Crippen LogP contribution in [0, 0.1) is 5.92 Å². The number of allylic oxidation sites excluding steroid dienone is 1. The summed E-state index contributed by atoms with van der Waals surface area (Å²) in [5.41, 5.74) is 2.27. The molecule has 0 aromatic carbocycles. The van der Waals surface area contributed by atoms with Gasteiger partial charge in [0.2, 0.25) is 0 Å². The first-order valence-corrected chi connectivity index (χ1v) is 5.25. The summed E-state index contributed by atoms with van der Waals surface area (Å²) in [5, 5.41) is 11.6. The molecule has 1 aromatic rings. The van der Waals surface area contributed by atoms with Crippen LogP contribution in [0.1, 0.15) is 31.5 Å². The summed E-state index contributed by atoms with van der Waals surface area (Å²) < 4.78 is 0. The summed E-state index contributed by atoms with van der Waals surface area (Å²) in [6.45, 7) is 6.46. The first kappa shape index (κ1) is 10.4. The summed E-state index contributed by atoms with van der Waals surface area (Å²) in [6, 6.07) is 0. The highest BCUT2D eigenvalue weighted by molar-refractivity contribution is 7.09. The molecule has 13 heavy (non-hydrogen) atoms. The van der Waals surface area contributed by atoms with Gasteiger partial charge in [0, 0.05) is 5.38 Å². The lowest BCUT2D eigenvalue weighted by Crippen LogP contribution is -1.88. The van der Waals surface area contributed by atoms with E-state index in [1.54, 1.807) is 0 Å². The van der Waals surface area contributed by atoms with Gasteiger partial charge in [-0.25, -0.2) is 4.98 Å². The summed E-state index contributed by atoms with van der Waals surface area (Å²) in [4.78, 5) is 4.24. The van der Waals surface area contributed by atoms with Crippen LogP contribution in [0.3, 0.4) is 0 Å². The Kier molecular flexibility index (Phi) is 3.63. The van der Waals surface area contributed by atoms with Crippen LogP contribution in [0.25, 0.3) is 6.08 Å². The Morgan fingerprint density at radius 1 is 1.69 bits per heavy atom. The molecule has 0 aliphatic heterocycles. The van der Waals surface area contributed by atoms with Crippen molar-refractivity contribution in [2.75, 3.05) is 0 Å². The largest absolute Gasteiger partial charge is 0.389 e. The minimum Gasteiger partial charge on any atom is -0.389 e. The lowest BCUT2D eigenvalue weighted by molar-refractivity contribution is 0.281. The van der Waals surface area contributed by atoms with E-state index < -0.39 is 0 Å². The molecule has 0 saturated carbocycles. The number of hydrogen-bond acceptors (Lipinski definition) is 3. The number of rotatable bonds is 3. The van der Waals surface area contributed by atoms with Crippen LogP contribution in [-0.2, 0) is 6.61 Å². The second kappa shape index (κ2) is 4.53. The minimum absolute atomic E-state index is 0.0409. The fourth-order valence-corrected chi connectivity index (χ4v) is 1.47. The van der Waals surface area contributed by atoms with E-state index in [2.05, 4.69) is 31.8 Å². The predicted octanol–water partition coefficient (Wildman–Crippen LogP) is 2.69. The van der Waals surface area contributed by atoms with Crippen molar-refractivity contribution >= 4 is 17.4 Å². The van der Waals surface area contributed by atoms with Gasteiger partial charge in [0.15, 0.2) is 0 Å². The van der Waals surface area contributed by atoms with E-state index >= 15 is 0 Å². The Morgan fingerprint density at radius 2 is 2.38 bits per heavy atom. The predicted molar refractivity (Wildman–Crippen MR) is 56.5 cm³/mol. The minimum atomic E-state index is 0.0409. The molecule has 3 heteroatoms. The average Bonchev–Trinajstić information content (AvgIpc) is 2.52. The second-order valence-corrected chi connectivity index (χ2v) is 4.31. The van der Waals surface area contributed by atoms with Gasteiger partial charge in [0.05, 0.1) is 12.3 Å².